The zero-order chi connectivity index (χ0) is 12.0. The molecule has 5 heteroatoms. The van der Waals surface area contributed by atoms with Crippen molar-refractivity contribution in [3.8, 4) is 0 Å². The van der Waals surface area contributed by atoms with Crippen molar-refractivity contribution in [3.05, 3.63) is 0 Å². The van der Waals surface area contributed by atoms with Gasteiger partial charge in [-0.2, -0.15) is 0 Å². The van der Waals surface area contributed by atoms with E-state index >= 15 is 0 Å². The van der Waals surface area contributed by atoms with Crippen LogP contribution in [-0.2, 0) is 9.59 Å². The van der Waals surface area contributed by atoms with Crippen LogP contribution in [0.3, 0.4) is 0 Å². The van der Waals surface area contributed by atoms with E-state index in [0.717, 1.165) is 0 Å². The highest BCUT2D eigenvalue weighted by Crippen LogP contribution is 2.04. The second kappa shape index (κ2) is 6.40. The maximum atomic E-state index is 11.7. The Labute approximate surface area is 91.2 Å². The Balaban J connectivity index is 4.15. The van der Waals surface area contributed by atoms with Crippen LogP contribution in [0.5, 0.6) is 0 Å². The molecule has 0 aromatic rings. The van der Waals surface area contributed by atoms with E-state index in [1.807, 2.05) is 6.92 Å². The van der Waals surface area contributed by atoms with Crippen molar-refractivity contribution >= 4 is 11.8 Å². The van der Waals surface area contributed by atoms with Crippen LogP contribution in [0.4, 0.5) is 0 Å². The molecule has 0 rings (SSSR count). The van der Waals surface area contributed by atoms with Gasteiger partial charge in [-0.25, -0.2) is 0 Å². The molecule has 0 fully saturated rings. The molecule has 0 aliphatic rings. The monoisotopic (exact) mass is 215 g/mol. The number of nitrogens with two attached hydrogens (primary N) is 1. The first-order valence-electron chi connectivity index (χ1n) is 5.05. The molecule has 0 aliphatic heterocycles. The van der Waals surface area contributed by atoms with Crippen molar-refractivity contribution in [2.75, 3.05) is 34.2 Å². The second-order valence-electron chi connectivity index (χ2n) is 3.96. The summed E-state index contributed by atoms with van der Waals surface area (Å²) in [5.74, 6) is -0.226. The zero-order valence-corrected chi connectivity index (χ0v) is 9.99. The molecule has 0 heterocycles. The van der Waals surface area contributed by atoms with Crippen LogP contribution in [0, 0.1) is 5.92 Å². The fraction of sp³-hybridized carbons (Fsp3) is 0.800. The summed E-state index contributed by atoms with van der Waals surface area (Å²) in [5, 5.41) is 0. The SMILES string of the molecule is CC(CCN)C(=O)N(C)CC(=O)N(C)C. The molecule has 0 saturated carbocycles. The molecule has 2 amide bonds. The Morgan fingerprint density at radius 3 is 2.20 bits per heavy atom. The highest BCUT2D eigenvalue weighted by atomic mass is 16.2. The lowest BCUT2D eigenvalue weighted by molar-refractivity contribution is -0.140. The van der Waals surface area contributed by atoms with E-state index in [1.54, 1.807) is 21.1 Å². The predicted molar refractivity (Wildman–Crippen MR) is 59.2 cm³/mol. The van der Waals surface area contributed by atoms with Crippen molar-refractivity contribution in [1.29, 1.82) is 0 Å². The van der Waals surface area contributed by atoms with Crippen LogP contribution in [-0.4, -0.2) is 55.8 Å². The highest BCUT2D eigenvalue weighted by Gasteiger charge is 2.19. The van der Waals surface area contributed by atoms with Crippen LogP contribution in [0.1, 0.15) is 13.3 Å². The van der Waals surface area contributed by atoms with Gasteiger partial charge in [0.1, 0.15) is 0 Å². The van der Waals surface area contributed by atoms with E-state index in [0.29, 0.717) is 13.0 Å². The molecular formula is C10H21N3O2. The van der Waals surface area contributed by atoms with Gasteiger partial charge in [0, 0.05) is 27.1 Å². The molecule has 0 aliphatic carbocycles. The minimum Gasteiger partial charge on any atom is -0.347 e. The average molecular weight is 215 g/mol. The summed E-state index contributed by atoms with van der Waals surface area (Å²) in [7, 11) is 4.98. The first-order chi connectivity index (χ1) is 6.90. The second-order valence-corrected chi connectivity index (χ2v) is 3.96. The van der Waals surface area contributed by atoms with Gasteiger partial charge < -0.3 is 15.5 Å². The molecule has 88 valence electrons. The van der Waals surface area contributed by atoms with Crippen LogP contribution in [0.15, 0.2) is 0 Å². The molecular weight excluding hydrogens is 194 g/mol. The summed E-state index contributed by atoms with van der Waals surface area (Å²) >= 11 is 0. The minimum absolute atomic E-state index is 0.0318. The van der Waals surface area contributed by atoms with Gasteiger partial charge in [0.2, 0.25) is 11.8 Å². The standard InChI is InChI=1S/C10H21N3O2/c1-8(5-6-11)10(15)13(4)7-9(14)12(2)3/h8H,5-7,11H2,1-4H3. The lowest BCUT2D eigenvalue weighted by Gasteiger charge is -2.22. The molecule has 0 radical (unpaired) electrons. The Bertz CT molecular complexity index is 229. The fourth-order valence-corrected chi connectivity index (χ4v) is 1.17. The van der Waals surface area contributed by atoms with Gasteiger partial charge in [-0.05, 0) is 13.0 Å². The van der Waals surface area contributed by atoms with E-state index < -0.39 is 0 Å². The Kier molecular flexibility index (Phi) is 5.93. The number of likely N-dealkylation sites (N-methyl/N-ethyl adjacent to an activating group) is 2. The highest BCUT2D eigenvalue weighted by molar-refractivity contribution is 5.85. The van der Waals surface area contributed by atoms with E-state index in [-0.39, 0.29) is 24.3 Å². The van der Waals surface area contributed by atoms with E-state index in [2.05, 4.69) is 0 Å². The van der Waals surface area contributed by atoms with Gasteiger partial charge in [0.15, 0.2) is 0 Å². The summed E-state index contributed by atoms with van der Waals surface area (Å²) in [6.07, 6.45) is 0.652. The van der Waals surface area contributed by atoms with Crippen molar-refractivity contribution in [1.82, 2.24) is 9.80 Å². The summed E-state index contributed by atoms with van der Waals surface area (Å²) in [6.45, 7) is 2.44. The normalized spacial score (nSPS) is 12.1. The van der Waals surface area contributed by atoms with Crippen molar-refractivity contribution < 1.29 is 9.59 Å². The molecule has 0 aromatic carbocycles. The van der Waals surface area contributed by atoms with Crippen LogP contribution < -0.4 is 5.73 Å². The zero-order valence-electron chi connectivity index (χ0n) is 9.99. The maximum Gasteiger partial charge on any atom is 0.241 e. The van der Waals surface area contributed by atoms with Gasteiger partial charge in [-0.3, -0.25) is 9.59 Å². The van der Waals surface area contributed by atoms with Gasteiger partial charge in [0.05, 0.1) is 6.54 Å². The van der Waals surface area contributed by atoms with E-state index in [9.17, 15) is 9.59 Å². The molecule has 1 unspecified atom stereocenters. The third kappa shape index (κ3) is 4.78. The largest absolute Gasteiger partial charge is 0.347 e. The molecule has 15 heavy (non-hydrogen) atoms. The summed E-state index contributed by atoms with van der Waals surface area (Å²) < 4.78 is 0. The third-order valence-electron chi connectivity index (χ3n) is 2.27. The molecule has 2 N–H and O–H groups in total. The predicted octanol–water partition coefficient (Wildman–Crippen LogP) is -0.482. The number of carbonyl (C=O) groups is 2. The van der Waals surface area contributed by atoms with E-state index in [1.165, 1.54) is 9.80 Å². The Hall–Kier alpha value is -1.10. The topological polar surface area (TPSA) is 66.6 Å². The molecule has 0 bridgehead atoms. The van der Waals surface area contributed by atoms with Crippen LogP contribution in [0.2, 0.25) is 0 Å². The minimum atomic E-state index is -0.116. The van der Waals surface area contributed by atoms with Crippen LogP contribution in [0.25, 0.3) is 0 Å². The maximum absolute atomic E-state index is 11.7. The molecule has 1 atom stereocenters. The number of amides is 2. The summed E-state index contributed by atoms with van der Waals surface area (Å²) in [4.78, 5) is 26.0. The van der Waals surface area contributed by atoms with Crippen molar-refractivity contribution in [3.63, 3.8) is 0 Å². The van der Waals surface area contributed by atoms with Gasteiger partial charge in [0.25, 0.3) is 0 Å². The van der Waals surface area contributed by atoms with Crippen molar-refractivity contribution in [2.45, 2.75) is 13.3 Å². The lowest BCUT2D eigenvalue weighted by Crippen LogP contribution is -2.40. The molecule has 5 nitrogen and oxygen atoms in total. The third-order valence-corrected chi connectivity index (χ3v) is 2.27. The summed E-state index contributed by atoms with van der Waals surface area (Å²) in [6, 6.07) is 0. The molecule has 0 aromatic heterocycles. The number of carbonyl (C=O) groups excluding carboxylic acids is 2. The Morgan fingerprint density at radius 1 is 1.27 bits per heavy atom. The molecule has 0 spiro atoms. The van der Waals surface area contributed by atoms with Gasteiger partial charge >= 0.3 is 0 Å². The fourth-order valence-electron chi connectivity index (χ4n) is 1.17. The first-order valence-corrected chi connectivity index (χ1v) is 5.05. The Morgan fingerprint density at radius 2 is 1.80 bits per heavy atom. The number of nitrogens with zero attached hydrogens (tertiary/aromatic N) is 2. The van der Waals surface area contributed by atoms with E-state index in [4.69, 9.17) is 5.73 Å². The smallest absolute Gasteiger partial charge is 0.241 e. The number of hydrogen-bond acceptors (Lipinski definition) is 3. The number of rotatable bonds is 5. The molecule has 0 saturated heterocycles. The summed E-state index contributed by atoms with van der Waals surface area (Å²) in [5.41, 5.74) is 5.37. The van der Waals surface area contributed by atoms with Crippen LogP contribution >= 0.6 is 0 Å². The number of hydrogen-bond donors (Lipinski definition) is 1. The van der Waals surface area contributed by atoms with Gasteiger partial charge in [-0.15, -0.1) is 0 Å². The van der Waals surface area contributed by atoms with Gasteiger partial charge in [-0.1, -0.05) is 6.92 Å². The quantitative estimate of drug-likeness (QED) is 0.673. The lowest BCUT2D eigenvalue weighted by atomic mass is 10.1. The first kappa shape index (κ1) is 13.9. The average Bonchev–Trinajstić information content (AvgIpc) is 2.16. The van der Waals surface area contributed by atoms with Crippen molar-refractivity contribution in [2.24, 2.45) is 11.7 Å².